The lowest BCUT2D eigenvalue weighted by Gasteiger charge is -2.33. The molecule has 0 fully saturated rings. The first-order valence-electron chi connectivity index (χ1n) is 6.97. The molecule has 0 aliphatic rings. The van der Waals surface area contributed by atoms with Crippen molar-refractivity contribution in [2.75, 3.05) is 6.54 Å². The van der Waals surface area contributed by atoms with Gasteiger partial charge in [0.05, 0.1) is 0 Å². The number of hydrogen-bond acceptors (Lipinski definition) is 1. The van der Waals surface area contributed by atoms with Gasteiger partial charge in [-0.25, -0.2) is 0 Å². The maximum Gasteiger partial charge on any atom is 0.0173 e. The SMILES string of the molecule is CCC(CC)(CC)NCC(C)c1ccccc1. The Morgan fingerprint density at radius 1 is 1.00 bits per heavy atom. The van der Waals surface area contributed by atoms with Crippen LogP contribution < -0.4 is 5.32 Å². The van der Waals surface area contributed by atoms with Gasteiger partial charge in [-0.2, -0.15) is 0 Å². The predicted octanol–water partition coefficient (Wildman–Crippen LogP) is 4.35. The van der Waals surface area contributed by atoms with E-state index in [1.807, 2.05) is 0 Å². The zero-order valence-corrected chi connectivity index (χ0v) is 11.8. The summed E-state index contributed by atoms with van der Waals surface area (Å²) in [4.78, 5) is 0. The molecular weight excluding hydrogens is 206 g/mol. The van der Waals surface area contributed by atoms with Crippen molar-refractivity contribution in [3.05, 3.63) is 35.9 Å². The van der Waals surface area contributed by atoms with E-state index >= 15 is 0 Å². The van der Waals surface area contributed by atoms with Crippen LogP contribution in [0.2, 0.25) is 0 Å². The van der Waals surface area contributed by atoms with Crippen molar-refractivity contribution in [1.29, 1.82) is 0 Å². The Hall–Kier alpha value is -0.820. The van der Waals surface area contributed by atoms with Crippen LogP contribution in [0.5, 0.6) is 0 Å². The van der Waals surface area contributed by atoms with E-state index in [0.717, 1.165) is 6.54 Å². The van der Waals surface area contributed by atoms with Crippen LogP contribution in [0.3, 0.4) is 0 Å². The van der Waals surface area contributed by atoms with Gasteiger partial charge in [0.1, 0.15) is 0 Å². The van der Waals surface area contributed by atoms with Crippen LogP contribution >= 0.6 is 0 Å². The van der Waals surface area contributed by atoms with Gasteiger partial charge >= 0.3 is 0 Å². The Bertz CT molecular complexity index is 292. The molecule has 0 amide bonds. The van der Waals surface area contributed by atoms with Crippen LogP contribution in [0.25, 0.3) is 0 Å². The maximum absolute atomic E-state index is 3.78. The molecule has 0 spiro atoms. The third-order valence-corrected chi connectivity index (χ3v) is 4.18. The molecule has 0 aliphatic heterocycles. The zero-order valence-electron chi connectivity index (χ0n) is 11.8. The van der Waals surface area contributed by atoms with E-state index in [2.05, 4.69) is 63.3 Å². The van der Waals surface area contributed by atoms with Crippen molar-refractivity contribution in [3.63, 3.8) is 0 Å². The van der Waals surface area contributed by atoms with E-state index in [4.69, 9.17) is 0 Å². The zero-order chi connectivity index (χ0) is 12.7. The highest BCUT2D eigenvalue weighted by Gasteiger charge is 2.23. The first kappa shape index (κ1) is 14.2. The molecule has 1 nitrogen and oxygen atoms in total. The highest BCUT2D eigenvalue weighted by molar-refractivity contribution is 5.19. The number of hydrogen-bond donors (Lipinski definition) is 1. The third kappa shape index (κ3) is 3.85. The molecule has 1 N–H and O–H groups in total. The van der Waals surface area contributed by atoms with E-state index in [0.29, 0.717) is 11.5 Å². The van der Waals surface area contributed by atoms with Gasteiger partial charge in [0, 0.05) is 12.1 Å². The van der Waals surface area contributed by atoms with Gasteiger partial charge < -0.3 is 5.32 Å². The molecule has 0 aliphatic carbocycles. The molecule has 0 saturated heterocycles. The fourth-order valence-electron chi connectivity index (χ4n) is 2.39. The molecule has 0 radical (unpaired) electrons. The first-order chi connectivity index (χ1) is 8.17. The molecule has 1 atom stereocenters. The number of benzene rings is 1. The van der Waals surface area contributed by atoms with Crippen LogP contribution in [0.1, 0.15) is 58.4 Å². The standard InChI is InChI=1S/C16H27N/c1-5-16(6-2,7-3)17-13-14(4)15-11-9-8-10-12-15/h8-12,14,17H,5-7,13H2,1-4H3. The molecule has 96 valence electrons. The Labute approximate surface area is 107 Å². The highest BCUT2D eigenvalue weighted by atomic mass is 15.0. The molecule has 1 heteroatoms. The first-order valence-corrected chi connectivity index (χ1v) is 6.97. The van der Waals surface area contributed by atoms with Gasteiger partial charge in [0.15, 0.2) is 0 Å². The van der Waals surface area contributed by atoms with Crippen LogP contribution in [0.15, 0.2) is 30.3 Å². The summed E-state index contributed by atoms with van der Waals surface area (Å²) in [6, 6.07) is 10.8. The molecule has 17 heavy (non-hydrogen) atoms. The highest BCUT2D eigenvalue weighted by Crippen LogP contribution is 2.21. The van der Waals surface area contributed by atoms with Crippen LogP contribution in [0, 0.1) is 0 Å². The fourth-order valence-corrected chi connectivity index (χ4v) is 2.39. The lowest BCUT2D eigenvalue weighted by Crippen LogP contribution is -2.45. The van der Waals surface area contributed by atoms with Crippen molar-refractivity contribution >= 4 is 0 Å². The summed E-state index contributed by atoms with van der Waals surface area (Å²) in [5, 5.41) is 3.78. The van der Waals surface area contributed by atoms with Gasteiger partial charge in [-0.1, -0.05) is 58.0 Å². The Morgan fingerprint density at radius 2 is 1.53 bits per heavy atom. The second-order valence-electron chi connectivity index (χ2n) is 5.03. The summed E-state index contributed by atoms with van der Waals surface area (Å²) < 4.78 is 0. The minimum Gasteiger partial charge on any atom is -0.311 e. The molecule has 0 aromatic heterocycles. The quantitative estimate of drug-likeness (QED) is 0.738. The molecule has 1 aromatic carbocycles. The predicted molar refractivity (Wildman–Crippen MR) is 76.5 cm³/mol. The van der Waals surface area contributed by atoms with Gasteiger partial charge in [0.25, 0.3) is 0 Å². The summed E-state index contributed by atoms with van der Waals surface area (Å²) in [6.45, 7) is 10.2. The molecule has 0 heterocycles. The van der Waals surface area contributed by atoms with Crippen LogP contribution in [-0.4, -0.2) is 12.1 Å². The second kappa shape index (κ2) is 6.80. The lowest BCUT2D eigenvalue weighted by atomic mass is 9.88. The Morgan fingerprint density at radius 3 is 2.00 bits per heavy atom. The van der Waals surface area contributed by atoms with Crippen molar-refractivity contribution in [1.82, 2.24) is 5.32 Å². The van der Waals surface area contributed by atoms with Crippen molar-refractivity contribution in [2.24, 2.45) is 0 Å². The van der Waals surface area contributed by atoms with Gasteiger partial charge in [0.2, 0.25) is 0 Å². The minimum absolute atomic E-state index is 0.336. The smallest absolute Gasteiger partial charge is 0.0173 e. The number of nitrogens with one attached hydrogen (secondary N) is 1. The largest absolute Gasteiger partial charge is 0.311 e. The second-order valence-corrected chi connectivity index (χ2v) is 5.03. The average Bonchev–Trinajstić information content (AvgIpc) is 2.41. The van der Waals surface area contributed by atoms with E-state index in [1.54, 1.807) is 0 Å². The average molecular weight is 233 g/mol. The summed E-state index contributed by atoms with van der Waals surface area (Å²) in [5.41, 5.74) is 1.76. The Kier molecular flexibility index (Phi) is 5.70. The Balaban J connectivity index is 2.55. The lowest BCUT2D eigenvalue weighted by molar-refractivity contribution is 0.285. The maximum atomic E-state index is 3.78. The summed E-state index contributed by atoms with van der Waals surface area (Å²) >= 11 is 0. The van der Waals surface area contributed by atoms with Crippen molar-refractivity contribution < 1.29 is 0 Å². The van der Waals surface area contributed by atoms with Gasteiger partial charge in [-0.15, -0.1) is 0 Å². The van der Waals surface area contributed by atoms with E-state index < -0.39 is 0 Å². The molecule has 1 rings (SSSR count). The topological polar surface area (TPSA) is 12.0 Å². The van der Waals surface area contributed by atoms with E-state index in [1.165, 1.54) is 24.8 Å². The van der Waals surface area contributed by atoms with E-state index in [9.17, 15) is 0 Å². The monoisotopic (exact) mass is 233 g/mol. The fraction of sp³-hybridized carbons (Fsp3) is 0.625. The van der Waals surface area contributed by atoms with Crippen LogP contribution in [0.4, 0.5) is 0 Å². The van der Waals surface area contributed by atoms with Crippen molar-refractivity contribution in [3.8, 4) is 0 Å². The molecular formula is C16H27N. The summed E-state index contributed by atoms with van der Waals surface area (Å²) in [6.07, 6.45) is 3.63. The summed E-state index contributed by atoms with van der Waals surface area (Å²) in [5.74, 6) is 0.584. The third-order valence-electron chi connectivity index (χ3n) is 4.18. The molecule has 0 saturated carbocycles. The number of rotatable bonds is 7. The van der Waals surface area contributed by atoms with Crippen molar-refractivity contribution in [2.45, 2.75) is 58.4 Å². The summed E-state index contributed by atoms with van der Waals surface area (Å²) in [7, 11) is 0. The normalized spacial score (nSPS) is 13.6. The van der Waals surface area contributed by atoms with Gasteiger partial charge in [-0.3, -0.25) is 0 Å². The molecule has 1 unspecified atom stereocenters. The minimum atomic E-state index is 0.336. The van der Waals surface area contributed by atoms with E-state index in [-0.39, 0.29) is 0 Å². The van der Waals surface area contributed by atoms with Gasteiger partial charge in [-0.05, 0) is 30.7 Å². The van der Waals surface area contributed by atoms with Crippen LogP contribution in [-0.2, 0) is 0 Å². The molecule has 1 aromatic rings. The molecule has 0 bridgehead atoms.